The first-order valence-corrected chi connectivity index (χ1v) is 12.2. The predicted octanol–water partition coefficient (Wildman–Crippen LogP) is 3.03. The summed E-state index contributed by atoms with van der Waals surface area (Å²) in [4.78, 5) is 12.3. The van der Waals surface area contributed by atoms with Crippen LogP contribution in [0.25, 0.3) is 0 Å². The van der Waals surface area contributed by atoms with E-state index < -0.39 is 31.9 Å². The zero-order valence-electron chi connectivity index (χ0n) is 17.0. The molecule has 2 aromatic rings. The third-order valence-corrected chi connectivity index (χ3v) is 8.33. The third-order valence-electron chi connectivity index (χ3n) is 4.96. The highest BCUT2D eigenvalue weighted by Gasteiger charge is 2.42. The fourth-order valence-electron chi connectivity index (χ4n) is 3.68. The largest absolute Gasteiger partial charge is 0.279 e. The van der Waals surface area contributed by atoms with E-state index in [9.17, 15) is 21.6 Å². The summed E-state index contributed by atoms with van der Waals surface area (Å²) in [7, 11) is -7.65. The van der Waals surface area contributed by atoms with Crippen LogP contribution < -0.4 is 9.03 Å². The highest BCUT2D eigenvalue weighted by Crippen LogP contribution is 2.32. The van der Waals surface area contributed by atoms with Crippen molar-refractivity contribution in [2.45, 2.75) is 39.5 Å². The van der Waals surface area contributed by atoms with E-state index in [-0.39, 0.29) is 16.3 Å². The van der Waals surface area contributed by atoms with Gasteiger partial charge in [0.15, 0.2) is 0 Å². The number of hydrogen-bond acceptors (Lipinski definition) is 5. The minimum atomic E-state index is -3.90. The van der Waals surface area contributed by atoms with Crippen LogP contribution in [0.1, 0.15) is 29.2 Å². The van der Waals surface area contributed by atoms with E-state index >= 15 is 0 Å². The van der Waals surface area contributed by atoms with Crippen molar-refractivity contribution in [1.82, 2.24) is 0 Å². The zero-order valence-corrected chi connectivity index (χ0v) is 18.6. The highest BCUT2D eigenvalue weighted by atomic mass is 32.2. The van der Waals surface area contributed by atoms with E-state index in [1.165, 1.54) is 18.2 Å². The van der Waals surface area contributed by atoms with Gasteiger partial charge < -0.3 is 0 Å². The van der Waals surface area contributed by atoms with Crippen molar-refractivity contribution in [3.8, 4) is 0 Å². The molecule has 0 bridgehead atoms. The number of nitrogens with one attached hydrogen (secondary N) is 1. The number of amides is 1. The molecule has 1 heterocycles. The first-order valence-electron chi connectivity index (χ1n) is 9.11. The normalized spacial score (nSPS) is 18.9. The Bertz CT molecular complexity index is 1190. The lowest BCUT2D eigenvalue weighted by atomic mass is 10.1. The molecule has 1 fully saturated rings. The summed E-state index contributed by atoms with van der Waals surface area (Å²) in [5.41, 5.74) is 3.67. The molecule has 1 unspecified atom stereocenters. The molecule has 0 aliphatic carbocycles. The monoisotopic (exact) mass is 436 g/mol. The first kappa shape index (κ1) is 21.3. The van der Waals surface area contributed by atoms with E-state index in [0.29, 0.717) is 11.3 Å². The second kappa shape index (κ2) is 7.14. The number of nitrogens with zero attached hydrogens (tertiary/aromatic N) is 1. The van der Waals surface area contributed by atoms with E-state index in [2.05, 4.69) is 4.72 Å². The van der Waals surface area contributed by atoms with Gasteiger partial charge in [-0.2, -0.15) is 0 Å². The topological polar surface area (TPSA) is 101 Å². The molecule has 9 heteroatoms. The Labute approximate surface area is 171 Å². The summed E-state index contributed by atoms with van der Waals surface area (Å²) in [6, 6.07) is 7.89. The molecule has 1 N–H and O–H groups in total. The molecule has 0 spiro atoms. The average Bonchev–Trinajstić information content (AvgIpc) is 2.78. The zero-order chi connectivity index (χ0) is 21.7. The van der Waals surface area contributed by atoms with E-state index in [0.717, 1.165) is 21.0 Å². The Kier molecular flexibility index (Phi) is 5.25. The van der Waals surface area contributed by atoms with Crippen molar-refractivity contribution >= 4 is 37.3 Å². The third kappa shape index (κ3) is 3.89. The van der Waals surface area contributed by atoms with Crippen LogP contribution in [0.15, 0.2) is 35.2 Å². The number of carbonyl (C=O) groups excluding carboxylic acids is 1. The Morgan fingerprint density at radius 1 is 1.00 bits per heavy atom. The quantitative estimate of drug-likeness (QED) is 0.794. The lowest BCUT2D eigenvalue weighted by Gasteiger charge is -2.18. The van der Waals surface area contributed by atoms with Gasteiger partial charge in [-0.05, 0) is 62.6 Å². The van der Waals surface area contributed by atoms with E-state index in [4.69, 9.17) is 0 Å². The summed E-state index contributed by atoms with van der Waals surface area (Å²) in [5, 5.41) is 0. The lowest BCUT2D eigenvalue weighted by molar-refractivity contribution is -0.119. The van der Waals surface area contributed by atoms with Crippen LogP contribution >= 0.6 is 0 Å². The highest BCUT2D eigenvalue weighted by molar-refractivity contribution is 7.94. The predicted molar refractivity (Wildman–Crippen MR) is 113 cm³/mol. The molecule has 0 radical (unpaired) electrons. The van der Waals surface area contributed by atoms with Crippen LogP contribution in [-0.4, -0.2) is 28.5 Å². The minimum absolute atomic E-state index is 0.0257. The number of anilines is 2. The van der Waals surface area contributed by atoms with Gasteiger partial charge in [0, 0.05) is 0 Å². The van der Waals surface area contributed by atoms with Crippen LogP contribution in [0.3, 0.4) is 0 Å². The second-order valence-corrected chi connectivity index (χ2v) is 11.1. The molecule has 156 valence electrons. The number of sulfonamides is 2. The van der Waals surface area contributed by atoms with Crippen molar-refractivity contribution in [1.29, 1.82) is 0 Å². The maximum Gasteiger partial charge on any atom is 0.262 e. The van der Waals surface area contributed by atoms with Crippen LogP contribution in [0.5, 0.6) is 0 Å². The molecule has 3 rings (SSSR count). The van der Waals surface area contributed by atoms with E-state index in [1.54, 1.807) is 13.8 Å². The Morgan fingerprint density at radius 2 is 1.59 bits per heavy atom. The molecule has 7 nitrogen and oxygen atoms in total. The average molecular weight is 437 g/mol. The fourth-order valence-corrected chi connectivity index (χ4v) is 6.92. The molecule has 2 aromatic carbocycles. The van der Waals surface area contributed by atoms with Gasteiger partial charge in [-0.1, -0.05) is 24.6 Å². The number of benzene rings is 2. The van der Waals surface area contributed by atoms with Crippen molar-refractivity contribution in [2.75, 3.05) is 14.8 Å². The van der Waals surface area contributed by atoms with Crippen LogP contribution in [0, 0.1) is 33.6 Å². The molecular formula is C20H24N2O5S2. The molecule has 29 heavy (non-hydrogen) atoms. The molecule has 1 amide bonds. The van der Waals surface area contributed by atoms with E-state index in [1.807, 2.05) is 32.9 Å². The molecule has 1 atom stereocenters. The van der Waals surface area contributed by atoms with Gasteiger partial charge in [0.1, 0.15) is 0 Å². The van der Waals surface area contributed by atoms with Gasteiger partial charge >= 0.3 is 0 Å². The van der Waals surface area contributed by atoms with Crippen molar-refractivity contribution < 1.29 is 21.6 Å². The summed E-state index contributed by atoms with van der Waals surface area (Å²) < 4.78 is 53.9. The summed E-state index contributed by atoms with van der Waals surface area (Å²) in [5.74, 6) is -1.39. The molecule has 0 aromatic heterocycles. The van der Waals surface area contributed by atoms with Gasteiger partial charge in [-0.25, -0.2) is 21.1 Å². The van der Waals surface area contributed by atoms with Crippen molar-refractivity contribution in [3.63, 3.8) is 0 Å². The Balaban J connectivity index is 2.00. The van der Waals surface area contributed by atoms with Crippen molar-refractivity contribution in [3.05, 3.63) is 52.6 Å². The molecule has 1 aliphatic heterocycles. The summed E-state index contributed by atoms with van der Waals surface area (Å²) in [6.45, 7) is 8.73. The number of rotatable bonds is 4. The molecule has 0 saturated carbocycles. The molecule has 1 aliphatic rings. The fraction of sp³-hybridized carbons (Fsp3) is 0.350. The lowest BCUT2D eigenvalue weighted by Crippen LogP contribution is -2.30. The Hall–Kier alpha value is -2.39. The Morgan fingerprint density at radius 3 is 2.07 bits per heavy atom. The maximum atomic E-state index is 13.0. The SMILES string of the molecule is Cc1cc(C)c(NS(=O)(=O)c2ccc(N3C(=O)C(C)CS3(=O)=O)cc2C)c(C)c1. The maximum absolute atomic E-state index is 13.0. The van der Waals surface area contributed by atoms with Gasteiger partial charge in [0.05, 0.1) is 27.9 Å². The van der Waals surface area contributed by atoms with Crippen LogP contribution in [0.4, 0.5) is 11.4 Å². The van der Waals surface area contributed by atoms with Crippen LogP contribution in [0.2, 0.25) is 0 Å². The smallest absolute Gasteiger partial charge is 0.262 e. The standard InChI is InChI=1S/C20H24N2O5S2/c1-12-8-14(3)19(15(4)9-12)21-29(26,27)18-7-6-17(10-13(18)2)22-20(23)16(5)11-28(22,24)25/h6-10,16,21H,11H2,1-5H3. The second-order valence-electron chi connectivity index (χ2n) is 7.61. The van der Waals surface area contributed by atoms with Gasteiger partial charge in [-0.15, -0.1) is 0 Å². The number of aryl methyl sites for hydroxylation is 4. The van der Waals surface area contributed by atoms with Crippen molar-refractivity contribution in [2.24, 2.45) is 5.92 Å². The van der Waals surface area contributed by atoms with Crippen LogP contribution in [-0.2, 0) is 24.8 Å². The summed E-state index contributed by atoms with van der Waals surface area (Å²) >= 11 is 0. The number of hydrogen-bond donors (Lipinski definition) is 1. The molecular weight excluding hydrogens is 412 g/mol. The number of carbonyl (C=O) groups is 1. The molecule has 1 saturated heterocycles. The summed E-state index contributed by atoms with van der Waals surface area (Å²) in [6.07, 6.45) is 0. The van der Waals surface area contributed by atoms with Gasteiger partial charge in [0.2, 0.25) is 15.9 Å². The van der Waals surface area contributed by atoms with Gasteiger partial charge in [-0.3, -0.25) is 9.52 Å². The van der Waals surface area contributed by atoms with Gasteiger partial charge in [0.25, 0.3) is 10.0 Å². The first-order chi connectivity index (χ1) is 13.3. The minimum Gasteiger partial charge on any atom is -0.279 e.